The maximum atomic E-state index is 12.6. The van der Waals surface area contributed by atoms with Crippen LogP contribution in [0.15, 0.2) is 16.9 Å². The molecule has 2 N–H and O–H groups in total. The fourth-order valence-corrected chi connectivity index (χ4v) is 3.07. The molecular formula is C21H28N2O8. The number of nitrogens with one attached hydrogen (secondary N) is 2. The number of carbonyl (C=O) groups excluding carboxylic acids is 4. The van der Waals surface area contributed by atoms with Crippen LogP contribution >= 0.6 is 0 Å². The molecule has 0 aliphatic carbocycles. The normalized spacial score (nSPS) is 24.3. The molecule has 31 heavy (non-hydrogen) atoms. The third-order valence-corrected chi connectivity index (χ3v) is 4.91. The minimum absolute atomic E-state index is 0.201. The summed E-state index contributed by atoms with van der Waals surface area (Å²) >= 11 is 0. The Hall–Kier alpha value is -3.17. The number of carbonyl (C=O) groups is 4. The van der Waals surface area contributed by atoms with Crippen LogP contribution in [-0.2, 0) is 28.6 Å². The van der Waals surface area contributed by atoms with E-state index in [1.807, 2.05) is 0 Å². The summed E-state index contributed by atoms with van der Waals surface area (Å²) in [5.41, 5.74) is -0.252. The first-order valence-corrected chi connectivity index (χ1v) is 10.1. The van der Waals surface area contributed by atoms with Crippen LogP contribution in [0.5, 0.6) is 0 Å². The molecule has 1 aromatic heterocycles. The fraction of sp³-hybridized carbons (Fsp3) is 0.571. The molecule has 1 aliphatic rings. The highest BCUT2D eigenvalue weighted by Gasteiger charge is 2.41. The number of ether oxygens (including phenoxy) is 3. The van der Waals surface area contributed by atoms with Gasteiger partial charge in [-0.05, 0) is 32.4 Å². The Kier molecular flexibility index (Phi) is 7.95. The van der Waals surface area contributed by atoms with Gasteiger partial charge < -0.3 is 24.5 Å². The lowest BCUT2D eigenvalue weighted by Crippen LogP contribution is -2.47. The lowest BCUT2D eigenvalue weighted by Gasteiger charge is -2.29. The molecule has 1 saturated heterocycles. The summed E-state index contributed by atoms with van der Waals surface area (Å²) in [6, 6.07) is 1.53. The third kappa shape index (κ3) is 5.93. The van der Waals surface area contributed by atoms with Gasteiger partial charge in [-0.15, -0.1) is 0 Å². The SMILES string of the molecule is CC[C@H]1C(=O)OC[C@H](NC(=O)c2ccc(C)[nH]c2=O)C(=O)O[C@@H](C)[C@@H]1OC(=O)C(C)C. The summed E-state index contributed by atoms with van der Waals surface area (Å²) in [5, 5.41) is 2.37. The van der Waals surface area contributed by atoms with Crippen molar-refractivity contribution >= 4 is 23.8 Å². The summed E-state index contributed by atoms with van der Waals surface area (Å²) in [6.07, 6.45) is -1.72. The van der Waals surface area contributed by atoms with Crippen molar-refractivity contribution in [1.29, 1.82) is 0 Å². The van der Waals surface area contributed by atoms with E-state index in [9.17, 15) is 24.0 Å². The predicted molar refractivity (Wildman–Crippen MR) is 108 cm³/mol. The number of aromatic nitrogens is 1. The van der Waals surface area contributed by atoms with Crippen molar-refractivity contribution in [3.63, 3.8) is 0 Å². The van der Waals surface area contributed by atoms with Crippen LogP contribution in [0.25, 0.3) is 0 Å². The molecule has 1 aliphatic heterocycles. The molecule has 1 amide bonds. The third-order valence-electron chi connectivity index (χ3n) is 4.91. The van der Waals surface area contributed by atoms with Gasteiger partial charge in [-0.25, -0.2) is 4.79 Å². The van der Waals surface area contributed by atoms with E-state index in [1.165, 1.54) is 13.0 Å². The Morgan fingerprint density at radius 2 is 1.90 bits per heavy atom. The van der Waals surface area contributed by atoms with E-state index in [2.05, 4.69) is 10.3 Å². The lowest BCUT2D eigenvalue weighted by molar-refractivity contribution is -0.176. The first-order chi connectivity index (χ1) is 14.5. The summed E-state index contributed by atoms with van der Waals surface area (Å²) in [7, 11) is 0. The van der Waals surface area contributed by atoms with Crippen LogP contribution in [-0.4, -0.2) is 53.7 Å². The van der Waals surface area contributed by atoms with E-state index >= 15 is 0 Å². The van der Waals surface area contributed by atoms with E-state index in [1.54, 1.807) is 33.8 Å². The summed E-state index contributed by atoms with van der Waals surface area (Å²) in [5.74, 6) is -4.20. The van der Waals surface area contributed by atoms with Gasteiger partial charge in [0.1, 0.15) is 18.3 Å². The second-order valence-electron chi connectivity index (χ2n) is 7.75. The fourth-order valence-electron chi connectivity index (χ4n) is 3.07. The van der Waals surface area contributed by atoms with Gasteiger partial charge in [0.2, 0.25) is 0 Å². The number of rotatable bonds is 5. The van der Waals surface area contributed by atoms with Crippen LogP contribution < -0.4 is 10.9 Å². The number of hydrogen-bond donors (Lipinski definition) is 2. The maximum absolute atomic E-state index is 12.6. The highest BCUT2D eigenvalue weighted by molar-refractivity contribution is 5.96. The number of cyclic esters (lactones) is 2. The zero-order valence-corrected chi connectivity index (χ0v) is 18.2. The van der Waals surface area contributed by atoms with Gasteiger partial charge in [-0.2, -0.15) is 0 Å². The van der Waals surface area contributed by atoms with Gasteiger partial charge in [0.15, 0.2) is 12.1 Å². The molecule has 2 rings (SSSR count). The first kappa shape index (κ1) is 24.1. The number of esters is 3. The van der Waals surface area contributed by atoms with Crippen molar-refractivity contribution in [3.05, 3.63) is 33.7 Å². The average molecular weight is 436 g/mol. The van der Waals surface area contributed by atoms with Crippen molar-refractivity contribution in [2.24, 2.45) is 11.8 Å². The van der Waals surface area contributed by atoms with E-state index in [0.717, 1.165) is 0 Å². The number of aryl methyl sites for hydroxylation is 1. The summed E-state index contributed by atoms with van der Waals surface area (Å²) in [4.78, 5) is 64.4. The molecule has 1 fully saturated rings. The molecule has 0 spiro atoms. The van der Waals surface area contributed by atoms with Crippen LogP contribution in [0.1, 0.15) is 50.2 Å². The highest BCUT2D eigenvalue weighted by Crippen LogP contribution is 2.23. The minimum atomic E-state index is -1.34. The number of amides is 1. The van der Waals surface area contributed by atoms with E-state index in [4.69, 9.17) is 14.2 Å². The molecule has 0 radical (unpaired) electrons. The van der Waals surface area contributed by atoms with Crippen molar-refractivity contribution < 1.29 is 33.4 Å². The van der Waals surface area contributed by atoms with Gasteiger partial charge >= 0.3 is 17.9 Å². The summed E-state index contributed by atoms with van der Waals surface area (Å²) in [6.45, 7) is 7.68. The van der Waals surface area contributed by atoms with Crippen molar-refractivity contribution in [1.82, 2.24) is 10.3 Å². The van der Waals surface area contributed by atoms with Gasteiger partial charge in [0.05, 0.1) is 11.8 Å². The lowest BCUT2D eigenvalue weighted by atomic mass is 9.95. The smallest absolute Gasteiger partial charge is 0.332 e. The Bertz CT molecular complexity index is 907. The topological polar surface area (TPSA) is 141 Å². The zero-order valence-electron chi connectivity index (χ0n) is 18.2. The second kappa shape index (κ2) is 10.2. The van der Waals surface area contributed by atoms with E-state index in [0.29, 0.717) is 5.69 Å². The second-order valence-corrected chi connectivity index (χ2v) is 7.75. The molecule has 2 heterocycles. The average Bonchev–Trinajstić information content (AvgIpc) is 2.72. The van der Waals surface area contributed by atoms with Crippen LogP contribution in [0.4, 0.5) is 0 Å². The molecule has 170 valence electrons. The van der Waals surface area contributed by atoms with Crippen molar-refractivity contribution in [3.8, 4) is 0 Å². The monoisotopic (exact) mass is 436 g/mol. The van der Waals surface area contributed by atoms with Crippen LogP contribution in [0, 0.1) is 18.8 Å². The largest absolute Gasteiger partial charge is 0.463 e. The molecular weight excluding hydrogens is 408 g/mol. The Morgan fingerprint density at radius 1 is 1.23 bits per heavy atom. The van der Waals surface area contributed by atoms with Gasteiger partial charge in [0, 0.05) is 5.69 Å². The van der Waals surface area contributed by atoms with Gasteiger partial charge in [-0.1, -0.05) is 20.8 Å². The zero-order chi connectivity index (χ0) is 23.3. The molecule has 10 heteroatoms. The standard InChI is InChI=1S/C21H28N2O8/c1-6-13-16(31-19(26)10(2)3)12(5)30-21(28)15(9-29-20(13)27)23-18(25)14-8-7-11(4)22-17(14)24/h7-8,10,12-13,15-16H,6,9H2,1-5H3,(H,22,24)(H,23,25)/t12-,13+,15-,16-/m0/s1. The predicted octanol–water partition coefficient (Wildman–Crippen LogP) is 0.864. The van der Waals surface area contributed by atoms with Crippen LogP contribution in [0.2, 0.25) is 0 Å². The van der Waals surface area contributed by atoms with Gasteiger partial charge in [-0.3, -0.25) is 19.2 Å². The number of aromatic amines is 1. The molecule has 4 atom stereocenters. The van der Waals surface area contributed by atoms with Crippen LogP contribution in [0.3, 0.4) is 0 Å². The number of pyridine rings is 1. The molecule has 1 aromatic rings. The number of hydrogen-bond acceptors (Lipinski definition) is 8. The molecule has 10 nitrogen and oxygen atoms in total. The number of H-pyrrole nitrogens is 1. The Balaban J connectivity index is 2.24. The van der Waals surface area contributed by atoms with E-state index in [-0.39, 0.29) is 12.0 Å². The minimum Gasteiger partial charge on any atom is -0.463 e. The molecule has 0 unspecified atom stereocenters. The quantitative estimate of drug-likeness (QED) is 0.512. The highest BCUT2D eigenvalue weighted by atomic mass is 16.6. The molecule has 0 bridgehead atoms. The summed E-state index contributed by atoms with van der Waals surface area (Å²) < 4.78 is 16.1. The molecule has 0 saturated carbocycles. The Labute approximate surface area is 179 Å². The Morgan fingerprint density at radius 3 is 2.48 bits per heavy atom. The molecule has 0 aromatic carbocycles. The van der Waals surface area contributed by atoms with Crippen molar-refractivity contribution in [2.75, 3.05) is 6.61 Å². The maximum Gasteiger partial charge on any atom is 0.332 e. The van der Waals surface area contributed by atoms with Crippen molar-refractivity contribution in [2.45, 2.75) is 59.3 Å². The van der Waals surface area contributed by atoms with E-state index < -0.39 is 66.1 Å². The van der Waals surface area contributed by atoms with Gasteiger partial charge in [0.25, 0.3) is 11.5 Å². The first-order valence-electron chi connectivity index (χ1n) is 10.1.